The molecule has 18 heavy (non-hydrogen) atoms. The monoisotopic (exact) mass is 250 g/mol. The van der Waals surface area contributed by atoms with Gasteiger partial charge in [-0.3, -0.25) is 4.79 Å². The second-order valence-corrected chi connectivity index (χ2v) is 5.37. The van der Waals surface area contributed by atoms with E-state index in [0.717, 1.165) is 22.0 Å². The van der Waals surface area contributed by atoms with E-state index >= 15 is 0 Å². The maximum absolute atomic E-state index is 12.3. The van der Waals surface area contributed by atoms with Gasteiger partial charge in [-0.2, -0.15) is 0 Å². The number of rotatable bonds is 3. The third-order valence-electron chi connectivity index (χ3n) is 2.74. The van der Waals surface area contributed by atoms with Crippen LogP contribution in [0.2, 0.25) is 0 Å². The second-order valence-electron chi connectivity index (χ2n) is 4.09. The molecule has 3 heteroatoms. The standard InChI is InChI=1S/C15H15OP.Li.H/c1-11-7-6-8-12(2)14(11)15(16)17-13-9-4-3-5-10-13;;/h3-10,17H,1-2H3;;/q;+1;-1. The molecule has 0 aliphatic rings. The Morgan fingerprint density at radius 1 is 0.944 bits per heavy atom. The van der Waals surface area contributed by atoms with Crippen molar-refractivity contribution < 1.29 is 25.1 Å². The fourth-order valence-corrected chi connectivity index (χ4v) is 3.03. The molecule has 2 rings (SSSR count). The van der Waals surface area contributed by atoms with E-state index in [1.54, 1.807) is 0 Å². The Kier molecular flexibility index (Phi) is 5.83. The summed E-state index contributed by atoms with van der Waals surface area (Å²) in [5.74, 6) is 0. The van der Waals surface area contributed by atoms with Crippen LogP contribution in [-0.2, 0) is 0 Å². The van der Waals surface area contributed by atoms with Crippen LogP contribution in [0.1, 0.15) is 22.9 Å². The number of benzene rings is 2. The molecule has 0 heterocycles. The van der Waals surface area contributed by atoms with Crippen LogP contribution >= 0.6 is 8.58 Å². The first-order chi connectivity index (χ1) is 8.18. The van der Waals surface area contributed by atoms with Crippen LogP contribution in [-0.4, -0.2) is 5.52 Å². The van der Waals surface area contributed by atoms with Crippen molar-refractivity contribution in [2.45, 2.75) is 13.8 Å². The normalized spacial score (nSPS) is 10.3. The summed E-state index contributed by atoms with van der Waals surface area (Å²) in [6.45, 7) is 3.99. The van der Waals surface area contributed by atoms with Crippen LogP contribution in [0.4, 0.5) is 0 Å². The van der Waals surface area contributed by atoms with Gasteiger partial charge in [0.15, 0.2) is 5.52 Å². The van der Waals surface area contributed by atoms with Crippen LogP contribution < -0.4 is 24.2 Å². The van der Waals surface area contributed by atoms with Gasteiger partial charge in [0, 0.05) is 5.56 Å². The maximum Gasteiger partial charge on any atom is 1.00 e. The summed E-state index contributed by atoms with van der Waals surface area (Å²) in [7, 11) is 0.210. The molecule has 1 nitrogen and oxygen atoms in total. The molecule has 0 amide bonds. The summed E-state index contributed by atoms with van der Waals surface area (Å²) >= 11 is 0. The molecule has 0 fully saturated rings. The molecule has 0 aliphatic heterocycles. The molecule has 1 unspecified atom stereocenters. The molecular weight excluding hydrogens is 234 g/mol. The largest absolute Gasteiger partial charge is 1.00 e. The molecule has 2 aromatic rings. The van der Waals surface area contributed by atoms with Crippen LogP contribution in [0.3, 0.4) is 0 Å². The zero-order valence-electron chi connectivity index (χ0n) is 12.0. The fourth-order valence-electron chi connectivity index (χ4n) is 1.89. The first kappa shape index (κ1) is 15.2. The van der Waals surface area contributed by atoms with Gasteiger partial charge in [-0.05, 0) is 38.9 Å². The Bertz CT molecular complexity index is 523. The van der Waals surface area contributed by atoms with Gasteiger partial charge in [0.25, 0.3) is 0 Å². The van der Waals surface area contributed by atoms with Crippen molar-refractivity contribution in [1.82, 2.24) is 0 Å². The predicted molar refractivity (Wildman–Crippen MR) is 75.7 cm³/mol. The SMILES string of the molecule is Cc1cccc(C)c1C(=O)Pc1ccccc1.[H-].[Li+]. The third-order valence-corrected chi connectivity index (χ3v) is 3.84. The first-order valence-electron chi connectivity index (χ1n) is 5.61. The molecule has 0 saturated heterocycles. The van der Waals surface area contributed by atoms with Gasteiger partial charge >= 0.3 is 18.9 Å². The minimum Gasteiger partial charge on any atom is -1.00 e. The summed E-state index contributed by atoms with van der Waals surface area (Å²) in [5.41, 5.74) is 3.25. The summed E-state index contributed by atoms with van der Waals surface area (Å²) in [5, 5.41) is 1.10. The van der Waals surface area contributed by atoms with Gasteiger partial charge < -0.3 is 1.43 Å². The Morgan fingerprint density at radius 3 is 2.06 bits per heavy atom. The van der Waals surface area contributed by atoms with Gasteiger partial charge in [0.1, 0.15) is 0 Å². The fraction of sp³-hybridized carbons (Fsp3) is 0.133. The van der Waals surface area contributed by atoms with Crippen molar-refractivity contribution in [2.24, 2.45) is 0 Å². The summed E-state index contributed by atoms with van der Waals surface area (Å²) in [6, 6.07) is 15.9. The minimum atomic E-state index is 0. The number of aryl methyl sites for hydroxylation is 2. The number of carbonyl (C=O) groups is 1. The third kappa shape index (κ3) is 3.56. The molecule has 88 valence electrons. The quantitative estimate of drug-likeness (QED) is 0.575. The molecule has 1 atom stereocenters. The zero-order chi connectivity index (χ0) is 12.3. The molecular formula is C15H16LiOP. The molecule has 0 saturated carbocycles. The molecule has 0 bridgehead atoms. The van der Waals surface area contributed by atoms with Crippen molar-refractivity contribution in [3.8, 4) is 0 Å². The van der Waals surface area contributed by atoms with E-state index < -0.39 is 0 Å². The summed E-state index contributed by atoms with van der Waals surface area (Å²) in [4.78, 5) is 12.3. The van der Waals surface area contributed by atoms with Crippen molar-refractivity contribution in [2.75, 3.05) is 0 Å². The van der Waals surface area contributed by atoms with Gasteiger partial charge in [-0.1, -0.05) is 48.5 Å². The van der Waals surface area contributed by atoms with E-state index in [4.69, 9.17) is 0 Å². The Balaban J connectivity index is 0.00000162. The Morgan fingerprint density at radius 2 is 1.50 bits per heavy atom. The van der Waals surface area contributed by atoms with Crippen molar-refractivity contribution in [3.63, 3.8) is 0 Å². The van der Waals surface area contributed by atoms with Crippen molar-refractivity contribution >= 4 is 19.4 Å². The Hall–Kier alpha value is -0.863. The smallest absolute Gasteiger partial charge is 1.00 e. The van der Waals surface area contributed by atoms with E-state index in [0.29, 0.717) is 0 Å². The molecule has 0 aromatic heterocycles. The Labute approximate surface area is 123 Å². The molecule has 2 aromatic carbocycles. The van der Waals surface area contributed by atoms with Crippen molar-refractivity contribution in [1.29, 1.82) is 0 Å². The predicted octanol–water partition coefficient (Wildman–Crippen LogP) is 0.564. The van der Waals surface area contributed by atoms with Crippen LogP contribution in [0, 0.1) is 13.8 Å². The van der Waals surface area contributed by atoms with Crippen LogP contribution in [0.15, 0.2) is 48.5 Å². The van der Waals surface area contributed by atoms with E-state index in [1.165, 1.54) is 0 Å². The molecule has 0 N–H and O–H groups in total. The zero-order valence-corrected chi connectivity index (χ0v) is 12.0. The number of carbonyl (C=O) groups excluding carboxylic acids is 1. The van der Waals surface area contributed by atoms with E-state index in [9.17, 15) is 4.79 Å². The van der Waals surface area contributed by atoms with E-state index in [1.807, 2.05) is 62.4 Å². The van der Waals surface area contributed by atoms with Gasteiger partial charge in [0.05, 0.1) is 0 Å². The van der Waals surface area contributed by atoms with Gasteiger partial charge in [0.2, 0.25) is 0 Å². The van der Waals surface area contributed by atoms with Gasteiger partial charge in [-0.15, -0.1) is 0 Å². The van der Waals surface area contributed by atoms with Gasteiger partial charge in [-0.25, -0.2) is 0 Å². The van der Waals surface area contributed by atoms with Crippen LogP contribution in [0.25, 0.3) is 0 Å². The first-order valence-corrected chi connectivity index (χ1v) is 6.61. The topological polar surface area (TPSA) is 17.1 Å². The number of hydrogen-bond acceptors (Lipinski definition) is 1. The average Bonchev–Trinajstić information content (AvgIpc) is 2.30. The average molecular weight is 250 g/mol. The summed E-state index contributed by atoms with van der Waals surface area (Å²) < 4.78 is 0. The minimum absolute atomic E-state index is 0. The second kappa shape index (κ2) is 6.91. The summed E-state index contributed by atoms with van der Waals surface area (Å²) in [6.07, 6.45) is 0. The van der Waals surface area contributed by atoms with E-state index in [-0.39, 0.29) is 34.4 Å². The maximum atomic E-state index is 12.3. The van der Waals surface area contributed by atoms with E-state index in [2.05, 4.69) is 0 Å². The van der Waals surface area contributed by atoms with Crippen LogP contribution in [0.5, 0.6) is 0 Å². The van der Waals surface area contributed by atoms with Crippen molar-refractivity contribution in [3.05, 3.63) is 65.2 Å². The number of hydrogen-bond donors (Lipinski definition) is 0. The molecule has 0 radical (unpaired) electrons. The molecule has 0 aliphatic carbocycles. The molecule has 0 spiro atoms.